The van der Waals surface area contributed by atoms with Crippen molar-refractivity contribution in [3.8, 4) is 0 Å². The van der Waals surface area contributed by atoms with E-state index in [0.717, 1.165) is 4.90 Å². The van der Waals surface area contributed by atoms with Crippen molar-refractivity contribution < 1.29 is 23.9 Å². The third-order valence-electron chi connectivity index (χ3n) is 2.90. The predicted octanol–water partition coefficient (Wildman–Crippen LogP) is 2.04. The molecule has 2 atom stereocenters. The van der Waals surface area contributed by atoms with Crippen molar-refractivity contribution in [2.24, 2.45) is 0 Å². The van der Waals surface area contributed by atoms with Gasteiger partial charge in [0.1, 0.15) is 6.04 Å². The Labute approximate surface area is 143 Å². The van der Waals surface area contributed by atoms with Crippen LogP contribution in [0.25, 0.3) is 0 Å². The smallest absolute Gasteiger partial charge is 0.328 e. The number of hydrogen-bond donors (Lipinski definition) is 1. The summed E-state index contributed by atoms with van der Waals surface area (Å²) in [5, 5.41) is 2.64. The molecule has 1 amide bonds. The normalized spacial score (nSPS) is 12.9. The van der Waals surface area contributed by atoms with Crippen LogP contribution in [0.15, 0.2) is 29.2 Å². The number of esters is 2. The monoisotopic (exact) mass is 359 g/mol. The van der Waals surface area contributed by atoms with E-state index < -0.39 is 23.2 Å². The van der Waals surface area contributed by atoms with Gasteiger partial charge in [0.15, 0.2) is 0 Å². The number of methoxy groups -OCH3 is 2. The molecule has 0 aliphatic rings. The van der Waals surface area contributed by atoms with E-state index in [0.29, 0.717) is 5.02 Å². The van der Waals surface area contributed by atoms with E-state index in [9.17, 15) is 14.4 Å². The third-order valence-corrected chi connectivity index (χ3v) is 4.26. The second-order valence-corrected chi connectivity index (χ2v) is 6.43. The summed E-state index contributed by atoms with van der Waals surface area (Å²) in [5.74, 6) is -1.70. The van der Waals surface area contributed by atoms with Crippen LogP contribution in [0.1, 0.15) is 13.3 Å². The lowest BCUT2D eigenvalue weighted by Crippen LogP contribution is -2.45. The molecule has 23 heavy (non-hydrogen) atoms. The molecule has 0 aliphatic carbocycles. The summed E-state index contributed by atoms with van der Waals surface area (Å²) in [6, 6.07) is 5.96. The van der Waals surface area contributed by atoms with Gasteiger partial charge in [-0.25, -0.2) is 4.79 Å². The fraction of sp³-hybridized carbons (Fsp3) is 0.400. The minimum Gasteiger partial charge on any atom is -0.469 e. The van der Waals surface area contributed by atoms with Crippen LogP contribution in [-0.4, -0.2) is 43.4 Å². The second kappa shape index (κ2) is 9.42. The molecule has 0 bridgehead atoms. The van der Waals surface area contributed by atoms with E-state index in [1.54, 1.807) is 31.2 Å². The number of hydrogen-bond acceptors (Lipinski definition) is 6. The van der Waals surface area contributed by atoms with Gasteiger partial charge in [-0.2, -0.15) is 0 Å². The zero-order chi connectivity index (χ0) is 17.4. The lowest BCUT2D eigenvalue weighted by molar-refractivity contribution is -0.150. The maximum absolute atomic E-state index is 12.2. The molecule has 1 aromatic rings. The van der Waals surface area contributed by atoms with E-state index in [1.165, 1.54) is 26.0 Å². The van der Waals surface area contributed by atoms with Crippen LogP contribution >= 0.6 is 23.4 Å². The standard InChI is InChI=1S/C15H18ClNO5S/c1-9(23-11-6-4-10(16)5-7-11)14(19)17-12(15(20)22-3)8-13(18)21-2/h4-7,9,12H,8H2,1-3H3,(H,17,19)/t9-,12+/m0/s1. The Morgan fingerprint density at radius 2 is 1.78 bits per heavy atom. The second-order valence-electron chi connectivity index (χ2n) is 4.58. The zero-order valence-corrected chi connectivity index (χ0v) is 14.6. The van der Waals surface area contributed by atoms with E-state index in [4.69, 9.17) is 11.6 Å². The number of benzene rings is 1. The highest BCUT2D eigenvalue weighted by Gasteiger charge is 2.27. The van der Waals surface area contributed by atoms with E-state index in [1.807, 2.05) is 0 Å². The molecule has 8 heteroatoms. The summed E-state index contributed by atoms with van der Waals surface area (Å²) in [5.41, 5.74) is 0. The Kier molecular flexibility index (Phi) is 7.91. The molecule has 126 valence electrons. The van der Waals surface area contributed by atoms with Crippen LogP contribution in [0.3, 0.4) is 0 Å². The highest BCUT2D eigenvalue weighted by Crippen LogP contribution is 2.24. The average molecular weight is 360 g/mol. The molecule has 1 rings (SSSR count). The summed E-state index contributed by atoms with van der Waals surface area (Å²) >= 11 is 7.12. The van der Waals surface area contributed by atoms with Crippen molar-refractivity contribution in [1.82, 2.24) is 5.32 Å². The molecule has 0 spiro atoms. The third kappa shape index (κ3) is 6.50. The predicted molar refractivity (Wildman–Crippen MR) is 87.4 cm³/mol. The van der Waals surface area contributed by atoms with E-state index in [2.05, 4.69) is 14.8 Å². The first-order valence-electron chi connectivity index (χ1n) is 6.74. The molecule has 1 aromatic carbocycles. The molecule has 0 saturated heterocycles. The summed E-state index contributed by atoms with van der Waals surface area (Å²) in [6.07, 6.45) is -0.284. The van der Waals surface area contributed by atoms with E-state index in [-0.39, 0.29) is 12.3 Å². The minimum atomic E-state index is -1.08. The molecule has 0 heterocycles. The number of ether oxygens (including phenoxy) is 2. The zero-order valence-electron chi connectivity index (χ0n) is 13.0. The Balaban J connectivity index is 2.67. The summed E-state index contributed by atoms with van der Waals surface area (Å²) < 4.78 is 9.10. The number of amides is 1. The SMILES string of the molecule is COC(=O)C[C@@H](NC(=O)[C@H](C)Sc1ccc(Cl)cc1)C(=O)OC. The number of carbonyl (C=O) groups excluding carboxylic acids is 3. The summed E-state index contributed by atoms with van der Waals surface area (Å²) in [6.45, 7) is 1.70. The molecule has 0 aromatic heterocycles. The van der Waals surface area contributed by atoms with Gasteiger partial charge in [-0.05, 0) is 31.2 Å². The number of thioether (sulfide) groups is 1. The molecule has 0 radical (unpaired) electrons. The van der Waals surface area contributed by atoms with Crippen molar-refractivity contribution in [2.75, 3.05) is 14.2 Å². The Morgan fingerprint density at radius 1 is 1.17 bits per heavy atom. The van der Waals surface area contributed by atoms with Gasteiger partial charge in [0.25, 0.3) is 0 Å². The largest absolute Gasteiger partial charge is 0.469 e. The van der Waals surface area contributed by atoms with Gasteiger partial charge in [0, 0.05) is 9.92 Å². The van der Waals surface area contributed by atoms with Crippen LogP contribution in [0, 0.1) is 0 Å². The average Bonchev–Trinajstić information content (AvgIpc) is 2.55. The van der Waals surface area contributed by atoms with Crippen molar-refractivity contribution in [3.05, 3.63) is 29.3 Å². The highest BCUT2D eigenvalue weighted by molar-refractivity contribution is 8.00. The molecule has 0 saturated carbocycles. The van der Waals surface area contributed by atoms with Crippen LogP contribution in [0.5, 0.6) is 0 Å². The van der Waals surface area contributed by atoms with Crippen LogP contribution in [-0.2, 0) is 23.9 Å². The Bertz CT molecular complexity index is 563. The topological polar surface area (TPSA) is 81.7 Å². The first-order valence-corrected chi connectivity index (χ1v) is 8.00. The molecule has 0 unspecified atom stereocenters. The fourth-order valence-electron chi connectivity index (χ4n) is 1.65. The number of rotatable bonds is 7. The van der Waals surface area contributed by atoms with Gasteiger partial charge in [-0.1, -0.05) is 11.6 Å². The lowest BCUT2D eigenvalue weighted by atomic mass is 10.2. The van der Waals surface area contributed by atoms with Crippen LogP contribution in [0.4, 0.5) is 0 Å². The van der Waals surface area contributed by atoms with Gasteiger partial charge in [0.05, 0.1) is 25.9 Å². The van der Waals surface area contributed by atoms with Crippen molar-refractivity contribution in [3.63, 3.8) is 0 Å². The van der Waals surface area contributed by atoms with E-state index >= 15 is 0 Å². The van der Waals surface area contributed by atoms with Crippen LogP contribution in [0.2, 0.25) is 5.02 Å². The summed E-state index contributed by atoms with van der Waals surface area (Å²) in [4.78, 5) is 36.0. The van der Waals surface area contributed by atoms with Gasteiger partial charge in [-0.15, -0.1) is 11.8 Å². The lowest BCUT2D eigenvalue weighted by Gasteiger charge is -2.18. The van der Waals surface area contributed by atoms with Gasteiger partial charge >= 0.3 is 11.9 Å². The number of nitrogens with one attached hydrogen (secondary N) is 1. The Morgan fingerprint density at radius 3 is 2.30 bits per heavy atom. The Hall–Kier alpha value is -1.73. The minimum absolute atomic E-state index is 0.284. The van der Waals surface area contributed by atoms with Crippen LogP contribution < -0.4 is 5.32 Å². The molecule has 0 aliphatic heterocycles. The first-order chi connectivity index (χ1) is 10.9. The highest BCUT2D eigenvalue weighted by atomic mass is 35.5. The van der Waals surface area contributed by atoms with Crippen molar-refractivity contribution >= 4 is 41.2 Å². The van der Waals surface area contributed by atoms with Crippen molar-refractivity contribution in [2.45, 2.75) is 29.5 Å². The number of halogens is 1. The molecule has 6 nitrogen and oxygen atoms in total. The molecular weight excluding hydrogens is 342 g/mol. The maximum atomic E-state index is 12.2. The maximum Gasteiger partial charge on any atom is 0.328 e. The summed E-state index contributed by atoms with van der Waals surface area (Å²) in [7, 11) is 2.39. The molecule has 0 fully saturated rings. The van der Waals surface area contributed by atoms with Gasteiger partial charge in [0.2, 0.25) is 5.91 Å². The van der Waals surface area contributed by atoms with Gasteiger partial charge < -0.3 is 14.8 Å². The molecular formula is C15H18ClNO5S. The fourth-order valence-corrected chi connectivity index (χ4v) is 2.65. The first kappa shape index (κ1) is 19.3. The van der Waals surface area contributed by atoms with Crippen molar-refractivity contribution in [1.29, 1.82) is 0 Å². The molecule has 1 N–H and O–H groups in total. The van der Waals surface area contributed by atoms with Gasteiger partial charge in [-0.3, -0.25) is 9.59 Å². The number of carbonyl (C=O) groups is 3. The quantitative estimate of drug-likeness (QED) is 0.592.